The largest absolute Gasteiger partial charge is 0.476 e. The van der Waals surface area contributed by atoms with E-state index in [1.165, 1.54) is 11.3 Å². The molecular formula is C13H18N4O3S. The third kappa shape index (κ3) is 3.45. The smallest absolute Gasteiger partial charge is 0.358 e. The molecular weight excluding hydrogens is 292 g/mol. The van der Waals surface area contributed by atoms with Crippen molar-refractivity contribution < 1.29 is 14.6 Å². The van der Waals surface area contributed by atoms with E-state index in [2.05, 4.69) is 15.3 Å². The molecule has 0 aliphatic heterocycles. The van der Waals surface area contributed by atoms with Gasteiger partial charge in [0.1, 0.15) is 5.69 Å². The second kappa shape index (κ2) is 6.31. The Morgan fingerprint density at radius 2 is 2.14 bits per heavy atom. The maximum absolute atomic E-state index is 11.3. The van der Waals surface area contributed by atoms with Crippen LogP contribution in [0.25, 0.3) is 10.6 Å². The third-order valence-electron chi connectivity index (χ3n) is 2.81. The molecule has 0 aliphatic rings. The fraction of sp³-hybridized carbons (Fsp3) is 0.538. The van der Waals surface area contributed by atoms with Crippen LogP contribution in [0.15, 0.2) is 0 Å². The predicted octanol–water partition coefficient (Wildman–Crippen LogP) is 2.14. The van der Waals surface area contributed by atoms with Crippen molar-refractivity contribution in [3.8, 4) is 10.6 Å². The molecule has 0 aliphatic carbocycles. The Balaban J connectivity index is 2.38. The van der Waals surface area contributed by atoms with Gasteiger partial charge in [-0.3, -0.25) is 0 Å². The number of hydrogen-bond acceptors (Lipinski definition) is 6. The molecule has 2 aromatic rings. The van der Waals surface area contributed by atoms with E-state index in [9.17, 15) is 9.90 Å². The minimum Gasteiger partial charge on any atom is -0.476 e. The van der Waals surface area contributed by atoms with Crippen LogP contribution in [-0.4, -0.2) is 43.8 Å². The zero-order chi connectivity index (χ0) is 15.6. The van der Waals surface area contributed by atoms with E-state index in [-0.39, 0.29) is 11.8 Å². The summed E-state index contributed by atoms with van der Waals surface area (Å²) in [5, 5.41) is 17.9. The fourth-order valence-corrected chi connectivity index (χ4v) is 2.93. The average molecular weight is 310 g/mol. The summed E-state index contributed by atoms with van der Waals surface area (Å²) in [6.07, 6.45) is 0.114. The first-order valence-corrected chi connectivity index (χ1v) is 7.44. The van der Waals surface area contributed by atoms with Gasteiger partial charge >= 0.3 is 5.97 Å². The van der Waals surface area contributed by atoms with Crippen LogP contribution in [0.5, 0.6) is 0 Å². The maximum Gasteiger partial charge on any atom is 0.358 e. The molecule has 2 rings (SSSR count). The Bertz CT molecular complexity index is 648. The number of carbonyl (C=O) groups is 1. The molecule has 0 unspecified atom stereocenters. The first kappa shape index (κ1) is 15.6. The number of carboxylic acids is 1. The summed E-state index contributed by atoms with van der Waals surface area (Å²) in [5.41, 5.74) is 1.23. The summed E-state index contributed by atoms with van der Waals surface area (Å²) in [6.45, 7) is 8.53. The molecule has 0 saturated carbocycles. The van der Waals surface area contributed by atoms with Gasteiger partial charge in [-0.1, -0.05) is 5.21 Å². The number of hydrogen-bond donors (Lipinski definition) is 1. The minimum absolute atomic E-state index is 0.0497. The molecule has 8 heteroatoms. The lowest BCUT2D eigenvalue weighted by atomic mass is 10.2. The molecule has 0 fully saturated rings. The first-order chi connectivity index (χ1) is 9.90. The average Bonchev–Trinajstić information content (AvgIpc) is 2.92. The Morgan fingerprint density at radius 1 is 1.43 bits per heavy atom. The van der Waals surface area contributed by atoms with Gasteiger partial charge in [-0.05, 0) is 27.7 Å². The Morgan fingerprint density at radius 3 is 2.67 bits per heavy atom. The normalized spacial score (nSPS) is 11.3. The monoisotopic (exact) mass is 310 g/mol. The zero-order valence-electron chi connectivity index (χ0n) is 12.5. The van der Waals surface area contributed by atoms with E-state index >= 15 is 0 Å². The van der Waals surface area contributed by atoms with Crippen molar-refractivity contribution in [1.29, 1.82) is 0 Å². The maximum atomic E-state index is 11.3. The molecule has 0 atom stereocenters. The van der Waals surface area contributed by atoms with Crippen LogP contribution in [0.3, 0.4) is 0 Å². The van der Waals surface area contributed by atoms with E-state index in [1.807, 2.05) is 27.7 Å². The molecule has 114 valence electrons. The third-order valence-corrected chi connectivity index (χ3v) is 3.89. The molecule has 0 bridgehead atoms. The highest BCUT2D eigenvalue weighted by Crippen LogP contribution is 2.31. The van der Waals surface area contributed by atoms with Crippen LogP contribution in [0.2, 0.25) is 0 Å². The van der Waals surface area contributed by atoms with Gasteiger partial charge in [0.05, 0.1) is 34.8 Å². The number of carboxylic acid groups (broad SMARTS) is 1. The van der Waals surface area contributed by atoms with Crippen LogP contribution in [0.1, 0.15) is 35.0 Å². The summed E-state index contributed by atoms with van der Waals surface area (Å²) >= 11 is 1.44. The molecule has 0 saturated heterocycles. The van der Waals surface area contributed by atoms with E-state index in [0.29, 0.717) is 18.8 Å². The molecule has 2 aromatic heterocycles. The van der Waals surface area contributed by atoms with Crippen molar-refractivity contribution in [3.05, 3.63) is 16.4 Å². The summed E-state index contributed by atoms with van der Waals surface area (Å²) in [4.78, 5) is 16.5. The lowest BCUT2D eigenvalue weighted by Gasteiger charge is -2.09. The number of aromatic carboxylic acids is 1. The van der Waals surface area contributed by atoms with Gasteiger partial charge in [0.15, 0.2) is 5.69 Å². The van der Waals surface area contributed by atoms with E-state index in [0.717, 1.165) is 15.6 Å². The number of aromatic nitrogens is 4. The van der Waals surface area contributed by atoms with E-state index in [4.69, 9.17) is 4.74 Å². The van der Waals surface area contributed by atoms with Gasteiger partial charge in [-0.2, -0.15) is 0 Å². The highest BCUT2D eigenvalue weighted by atomic mass is 32.1. The van der Waals surface area contributed by atoms with E-state index < -0.39 is 5.97 Å². The van der Waals surface area contributed by atoms with Crippen LogP contribution in [0.4, 0.5) is 0 Å². The molecule has 0 spiro atoms. The van der Waals surface area contributed by atoms with Crippen LogP contribution in [-0.2, 0) is 11.3 Å². The molecule has 0 radical (unpaired) electrons. The number of nitrogens with zero attached hydrogens (tertiary/aromatic N) is 4. The molecule has 1 N–H and O–H groups in total. The molecule has 0 amide bonds. The second-order valence-electron chi connectivity index (χ2n) is 4.88. The van der Waals surface area contributed by atoms with Crippen molar-refractivity contribution in [2.75, 3.05) is 6.61 Å². The molecule has 21 heavy (non-hydrogen) atoms. The van der Waals surface area contributed by atoms with Gasteiger partial charge in [0.25, 0.3) is 0 Å². The lowest BCUT2D eigenvalue weighted by molar-refractivity contribution is 0.0687. The highest BCUT2D eigenvalue weighted by molar-refractivity contribution is 7.15. The fourth-order valence-electron chi connectivity index (χ4n) is 1.96. The first-order valence-electron chi connectivity index (χ1n) is 6.63. The standard InChI is InChI=1S/C13H18N4O3S/c1-7(2)20-6-5-17-11(10(13(18)19)15-16-17)12-8(3)14-9(4)21-12/h7H,5-6H2,1-4H3,(H,18,19). The van der Waals surface area contributed by atoms with E-state index in [1.54, 1.807) is 4.68 Å². The number of rotatable bonds is 6. The summed E-state index contributed by atoms with van der Waals surface area (Å²) in [5.74, 6) is -1.09. The molecule has 2 heterocycles. The topological polar surface area (TPSA) is 90.1 Å². The molecule has 0 aromatic carbocycles. The Hall–Kier alpha value is -1.80. The lowest BCUT2D eigenvalue weighted by Crippen LogP contribution is -2.13. The van der Waals surface area contributed by atoms with Gasteiger partial charge in [-0.15, -0.1) is 16.4 Å². The van der Waals surface area contributed by atoms with Gasteiger partial charge in [0, 0.05) is 0 Å². The Labute approximate surface area is 126 Å². The van der Waals surface area contributed by atoms with Crippen LogP contribution in [0, 0.1) is 13.8 Å². The van der Waals surface area contributed by atoms with Crippen LogP contribution < -0.4 is 0 Å². The Kier molecular flexibility index (Phi) is 4.69. The van der Waals surface area contributed by atoms with Gasteiger partial charge in [-0.25, -0.2) is 14.5 Å². The summed E-state index contributed by atoms with van der Waals surface area (Å²) in [7, 11) is 0. The van der Waals surface area contributed by atoms with Gasteiger partial charge < -0.3 is 9.84 Å². The SMILES string of the molecule is Cc1nc(C)c(-c2c(C(=O)O)nnn2CCOC(C)C)s1. The van der Waals surface area contributed by atoms with Gasteiger partial charge in [0.2, 0.25) is 0 Å². The summed E-state index contributed by atoms with van der Waals surface area (Å²) in [6, 6.07) is 0. The number of thiazole rings is 1. The summed E-state index contributed by atoms with van der Waals surface area (Å²) < 4.78 is 7.07. The highest BCUT2D eigenvalue weighted by Gasteiger charge is 2.24. The van der Waals surface area contributed by atoms with Crippen molar-refractivity contribution >= 4 is 17.3 Å². The minimum atomic E-state index is -1.09. The second-order valence-corrected chi connectivity index (χ2v) is 6.09. The van der Waals surface area contributed by atoms with Crippen LogP contribution >= 0.6 is 11.3 Å². The predicted molar refractivity (Wildman–Crippen MR) is 78.7 cm³/mol. The van der Waals surface area contributed by atoms with Crippen molar-refractivity contribution in [1.82, 2.24) is 20.0 Å². The quantitative estimate of drug-likeness (QED) is 0.879. The zero-order valence-corrected chi connectivity index (χ0v) is 13.3. The van der Waals surface area contributed by atoms with Crippen molar-refractivity contribution in [2.24, 2.45) is 0 Å². The van der Waals surface area contributed by atoms with Crippen molar-refractivity contribution in [3.63, 3.8) is 0 Å². The van der Waals surface area contributed by atoms with Crippen molar-refractivity contribution in [2.45, 2.75) is 40.3 Å². The number of aryl methyl sites for hydroxylation is 2. The number of ether oxygens (including phenoxy) is 1. The molecule has 7 nitrogen and oxygen atoms in total.